The highest BCUT2D eigenvalue weighted by molar-refractivity contribution is 7.92. The molecule has 0 aliphatic carbocycles. The third kappa shape index (κ3) is 3.80. The first-order chi connectivity index (χ1) is 12.3. The van der Waals surface area contributed by atoms with Crippen LogP contribution < -0.4 is 14.4 Å². The molecule has 1 amide bonds. The SMILES string of the molecule is Cc1ccc2c(c1)N(S(C)(=O)=O)CC[C@H](C(=O)Nc1ccccc1F)O2. The van der Waals surface area contributed by atoms with E-state index in [9.17, 15) is 17.6 Å². The lowest BCUT2D eigenvalue weighted by Gasteiger charge is -2.21. The van der Waals surface area contributed by atoms with E-state index in [0.29, 0.717) is 11.4 Å². The minimum absolute atomic E-state index is 0.0504. The van der Waals surface area contributed by atoms with E-state index in [1.807, 2.05) is 6.92 Å². The molecule has 2 aromatic rings. The van der Waals surface area contributed by atoms with Gasteiger partial charge in [0, 0.05) is 13.0 Å². The lowest BCUT2D eigenvalue weighted by atomic mass is 10.2. The highest BCUT2D eigenvalue weighted by atomic mass is 32.2. The molecular weight excluding hydrogens is 359 g/mol. The number of carbonyl (C=O) groups excluding carboxylic acids is 1. The third-order valence-electron chi connectivity index (χ3n) is 4.07. The second-order valence-corrected chi connectivity index (χ2v) is 8.08. The smallest absolute Gasteiger partial charge is 0.265 e. The maximum Gasteiger partial charge on any atom is 0.265 e. The van der Waals surface area contributed by atoms with Crippen LogP contribution in [-0.2, 0) is 14.8 Å². The van der Waals surface area contributed by atoms with E-state index in [4.69, 9.17) is 4.74 Å². The van der Waals surface area contributed by atoms with Gasteiger partial charge in [0.25, 0.3) is 5.91 Å². The molecule has 3 rings (SSSR count). The predicted octanol–water partition coefficient (Wildman–Crippen LogP) is 2.69. The van der Waals surface area contributed by atoms with Crippen LogP contribution in [0.5, 0.6) is 5.75 Å². The van der Waals surface area contributed by atoms with Crippen molar-refractivity contribution in [1.29, 1.82) is 0 Å². The van der Waals surface area contributed by atoms with Gasteiger partial charge in [-0.1, -0.05) is 18.2 Å². The molecule has 8 heteroatoms. The van der Waals surface area contributed by atoms with Crippen molar-refractivity contribution in [2.45, 2.75) is 19.4 Å². The van der Waals surface area contributed by atoms with Crippen molar-refractivity contribution < 1.29 is 22.3 Å². The number of nitrogens with one attached hydrogen (secondary N) is 1. The van der Waals surface area contributed by atoms with E-state index in [-0.39, 0.29) is 18.7 Å². The zero-order valence-corrected chi connectivity index (χ0v) is 15.2. The number of para-hydroxylation sites is 1. The van der Waals surface area contributed by atoms with Crippen LogP contribution in [-0.4, -0.2) is 33.2 Å². The molecule has 0 unspecified atom stereocenters. The molecule has 138 valence electrons. The highest BCUT2D eigenvalue weighted by Crippen LogP contribution is 2.35. The number of benzene rings is 2. The van der Waals surface area contributed by atoms with Crippen LogP contribution in [0, 0.1) is 12.7 Å². The number of aryl methyl sites for hydroxylation is 1. The largest absolute Gasteiger partial charge is 0.478 e. The zero-order valence-electron chi connectivity index (χ0n) is 14.4. The lowest BCUT2D eigenvalue weighted by molar-refractivity contribution is -0.122. The quantitative estimate of drug-likeness (QED) is 0.891. The van der Waals surface area contributed by atoms with Crippen LogP contribution >= 0.6 is 0 Å². The number of sulfonamides is 1. The fourth-order valence-corrected chi connectivity index (χ4v) is 3.73. The molecule has 1 atom stereocenters. The molecule has 1 heterocycles. The van der Waals surface area contributed by atoms with E-state index in [2.05, 4.69) is 5.32 Å². The van der Waals surface area contributed by atoms with Crippen molar-refractivity contribution >= 4 is 27.3 Å². The van der Waals surface area contributed by atoms with Gasteiger partial charge in [0.05, 0.1) is 17.6 Å². The average Bonchev–Trinajstić information content (AvgIpc) is 2.76. The Morgan fingerprint density at radius 1 is 1.27 bits per heavy atom. The molecule has 6 nitrogen and oxygen atoms in total. The number of hydrogen-bond acceptors (Lipinski definition) is 4. The van der Waals surface area contributed by atoms with Crippen molar-refractivity contribution in [2.75, 3.05) is 22.4 Å². The third-order valence-corrected chi connectivity index (χ3v) is 5.25. The molecular formula is C18H19FN2O4S. The number of hydrogen-bond donors (Lipinski definition) is 1. The first kappa shape index (κ1) is 18.2. The molecule has 0 spiro atoms. The number of fused-ring (bicyclic) bond motifs is 1. The monoisotopic (exact) mass is 378 g/mol. The maximum absolute atomic E-state index is 13.8. The second kappa shape index (κ2) is 6.95. The molecule has 0 saturated carbocycles. The molecule has 0 radical (unpaired) electrons. The summed E-state index contributed by atoms with van der Waals surface area (Å²) in [6.07, 6.45) is 0.308. The number of nitrogens with zero attached hydrogens (tertiary/aromatic N) is 1. The van der Waals surface area contributed by atoms with E-state index in [1.165, 1.54) is 22.5 Å². The number of amides is 1. The summed E-state index contributed by atoms with van der Waals surface area (Å²) < 4.78 is 45.0. The average molecular weight is 378 g/mol. The molecule has 1 aliphatic rings. The maximum atomic E-state index is 13.8. The van der Waals surface area contributed by atoms with Crippen LogP contribution in [0.4, 0.5) is 15.8 Å². The minimum Gasteiger partial charge on any atom is -0.478 e. The topological polar surface area (TPSA) is 75.7 Å². The van der Waals surface area contributed by atoms with E-state index >= 15 is 0 Å². The van der Waals surface area contributed by atoms with Gasteiger partial charge in [0.15, 0.2) is 6.10 Å². The van der Waals surface area contributed by atoms with Crippen LogP contribution in [0.15, 0.2) is 42.5 Å². The Morgan fingerprint density at radius 2 is 2.00 bits per heavy atom. The van der Waals surface area contributed by atoms with E-state index in [1.54, 1.807) is 24.3 Å². The van der Waals surface area contributed by atoms with Gasteiger partial charge in [-0.3, -0.25) is 9.10 Å². The standard InChI is InChI=1S/C18H19FN2O4S/c1-12-7-8-16-15(11-12)21(26(2,23)24)10-9-17(25-16)18(22)20-14-6-4-3-5-13(14)19/h3-8,11,17H,9-10H2,1-2H3,(H,20,22)/t17-/m1/s1. The molecule has 0 saturated heterocycles. The number of halogens is 1. The fraction of sp³-hybridized carbons (Fsp3) is 0.278. The number of rotatable bonds is 3. The number of ether oxygens (including phenoxy) is 1. The van der Waals surface area contributed by atoms with E-state index in [0.717, 1.165) is 11.8 Å². The molecule has 1 N–H and O–H groups in total. The summed E-state index contributed by atoms with van der Waals surface area (Å²) in [4.78, 5) is 12.5. The lowest BCUT2D eigenvalue weighted by Crippen LogP contribution is -2.36. The molecule has 0 fully saturated rings. The Labute approximate surface area is 151 Å². The van der Waals surface area contributed by atoms with Gasteiger partial charge < -0.3 is 10.1 Å². The summed E-state index contributed by atoms with van der Waals surface area (Å²) in [5, 5.41) is 2.50. The van der Waals surface area contributed by atoms with Crippen LogP contribution in [0.2, 0.25) is 0 Å². The van der Waals surface area contributed by atoms with Gasteiger partial charge in [-0.05, 0) is 36.8 Å². The fourth-order valence-electron chi connectivity index (χ4n) is 2.79. The first-order valence-corrected chi connectivity index (χ1v) is 9.91. The summed E-state index contributed by atoms with van der Waals surface area (Å²) >= 11 is 0. The molecule has 0 aromatic heterocycles. The highest BCUT2D eigenvalue weighted by Gasteiger charge is 2.31. The van der Waals surface area contributed by atoms with Gasteiger partial charge >= 0.3 is 0 Å². The van der Waals surface area contributed by atoms with Crippen molar-refractivity contribution in [1.82, 2.24) is 0 Å². The Hall–Kier alpha value is -2.61. The van der Waals surface area contributed by atoms with E-state index < -0.39 is 27.9 Å². The van der Waals surface area contributed by atoms with Crippen molar-refractivity contribution in [3.63, 3.8) is 0 Å². The summed E-state index contributed by atoms with van der Waals surface area (Å²) in [6, 6.07) is 10.9. The van der Waals surface area contributed by atoms with Gasteiger partial charge in [-0.25, -0.2) is 12.8 Å². The predicted molar refractivity (Wildman–Crippen MR) is 97.4 cm³/mol. The van der Waals surface area contributed by atoms with Crippen LogP contribution in [0.3, 0.4) is 0 Å². The van der Waals surface area contributed by atoms with Crippen molar-refractivity contribution in [2.24, 2.45) is 0 Å². The Bertz CT molecular complexity index is 946. The second-order valence-electron chi connectivity index (χ2n) is 6.17. The van der Waals surface area contributed by atoms with Gasteiger partial charge in [0.2, 0.25) is 10.0 Å². The van der Waals surface area contributed by atoms with Crippen molar-refractivity contribution in [3.05, 3.63) is 53.8 Å². The van der Waals surface area contributed by atoms with Crippen molar-refractivity contribution in [3.8, 4) is 5.75 Å². The Kier molecular flexibility index (Phi) is 4.86. The summed E-state index contributed by atoms with van der Waals surface area (Å²) in [7, 11) is -3.53. The van der Waals surface area contributed by atoms with Crippen LogP contribution in [0.25, 0.3) is 0 Å². The van der Waals surface area contributed by atoms with Gasteiger partial charge in [0.1, 0.15) is 11.6 Å². The minimum atomic E-state index is -3.53. The Morgan fingerprint density at radius 3 is 2.69 bits per heavy atom. The van der Waals surface area contributed by atoms with Gasteiger partial charge in [-0.2, -0.15) is 0 Å². The zero-order chi connectivity index (χ0) is 18.9. The molecule has 26 heavy (non-hydrogen) atoms. The molecule has 1 aliphatic heterocycles. The first-order valence-electron chi connectivity index (χ1n) is 8.06. The number of carbonyl (C=O) groups is 1. The number of anilines is 2. The molecule has 2 aromatic carbocycles. The summed E-state index contributed by atoms with van der Waals surface area (Å²) in [5.41, 5.74) is 1.32. The van der Waals surface area contributed by atoms with Gasteiger partial charge in [-0.15, -0.1) is 0 Å². The summed E-state index contributed by atoms with van der Waals surface area (Å²) in [6.45, 7) is 1.93. The Balaban J connectivity index is 1.89. The normalized spacial score (nSPS) is 17.0. The van der Waals surface area contributed by atoms with Crippen LogP contribution in [0.1, 0.15) is 12.0 Å². The summed E-state index contributed by atoms with van der Waals surface area (Å²) in [5.74, 6) is -0.785. The molecule has 0 bridgehead atoms.